The summed E-state index contributed by atoms with van der Waals surface area (Å²) in [6, 6.07) is 0. The quantitative estimate of drug-likeness (QED) is 0.223. The summed E-state index contributed by atoms with van der Waals surface area (Å²) in [5, 5.41) is 0. The van der Waals surface area contributed by atoms with Crippen molar-refractivity contribution >= 4 is 89.2 Å². The van der Waals surface area contributed by atoms with E-state index >= 15 is 0 Å². The second-order valence-corrected chi connectivity index (χ2v) is 35.4. The fourth-order valence-corrected chi connectivity index (χ4v) is 47.8. The van der Waals surface area contributed by atoms with Gasteiger partial charge in [0, 0.05) is 0 Å². The molecule has 0 spiro atoms. The average molecular weight is 791 g/mol. The largest absolute Gasteiger partial charge is 0.579 e. The Hall–Kier alpha value is -1.19. The van der Waals surface area contributed by atoms with Crippen molar-refractivity contribution in [1.82, 2.24) is 0 Å². The van der Waals surface area contributed by atoms with Gasteiger partial charge in [-0.25, -0.2) is 0 Å². The minimum absolute atomic E-state index is 0.880. The lowest BCUT2D eigenvalue weighted by Crippen LogP contribution is -2.83. The Morgan fingerprint density at radius 3 is 0.800 bits per heavy atom. The second kappa shape index (κ2) is 12.0. The van der Waals surface area contributed by atoms with Crippen molar-refractivity contribution in [1.29, 1.82) is 0 Å². The molecule has 8 bridgehead atoms. The van der Waals surface area contributed by atoms with Gasteiger partial charge in [0.05, 0.1) is 6.26 Å². The summed E-state index contributed by atoms with van der Waals surface area (Å²) >= 11 is 0. The summed E-state index contributed by atoms with van der Waals surface area (Å²) in [6.07, 6.45) is 1.09. The molecule has 0 aromatic rings. The molecule has 25 heteroatoms. The van der Waals surface area contributed by atoms with Gasteiger partial charge in [-0.05, 0) is 51.3 Å². The van der Waals surface area contributed by atoms with Crippen LogP contribution in [0, 0.1) is 0 Å². The minimum Gasteiger partial charge on any atom is -0.506 e. The molecule has 0 aromatic heterocycles. The molecule has 8 atom stereocenters. The third-order valence-electron chi connectivity index (χ3n) is 6.28. The van der Waals surface area contributed by atoms with Crippen LogP contribution in [0.2, 0.25) is 0 Å². The standard InChI is InChI=1S/C20H30O15Si10/c1-11-21-37(12-2)24-40(15-5)26-38(13-3)22-36-23-39(14-4)27-41(16-6,25-37)31-45(20-10)34-43(18-8,29-39)32-42(17-7,28-38)33-44(19-9,30-40)35-45/h11-20H,1-10H2. The highest BCUT2D eigenvalue weighted by Crippen LogP contribution is 2.46. The minimum atomic E-state index is -4.49. The molecule has 5 heterocycles. The molecule has 0 aliphatic carbocycles. The van der Waals surface area contributed by atoms with E-state index < -0.39 is 89.2 Å². The van der Waals surface area contributed by atoms with Gasteiger partial charge < -0.3 is 62.0 Å². The maximum Gasteiger partial charge on any atom is 0.579 e. The first kappa shape index (κ1) is 35.1. The number of hydrogen-bond acceptors (Lipinski definition) is 15. The van der Waals surface area contributed by atoms with Crippen molar-refractivity contribution in [2.75, 3.05) is 0 Å². The first-order valence-electron chi connectivity index (χ1n) is 12.8. The Bertz CT molecular complexity index is 1290. The van der Waals surface area contributed by atoms with Gasteiger partial charge in [-0.15, -0.1) is 52.6 Å². The number of hydrogen-bond donors (Lipinski definition) is 0. The van der Waals surface area contributed by atoms with Crippen molar-refractivity contribution in [3.8, 4) is 0 Å². The number of fused-ring (bicyclic) bond motifs is 4. The van der Waals surface area contributed by atoms with E-state index in [1.807, 2.05) is 0 Å². The summed E-state index contributed by atoms with van der Waals surface area (Å²) in [4.78, 5) is 0. The molecular weight excluding hydrogens is 761 g/mol. The Morgan fingerprint density at radius 1 is 0.333 bits per heavy atom. The fraction of sp³-hybridized carbons (Fsp3) is 0. The Kier molecular flexibility index (Phi) is 9.40. The molecule has 0 aromatic carbocycles. The SMILES string of the molecule is C=CO[Si]1(C=C)O[Si]2(C=C)O[Si]3(C=C)O[Si]O[Si]4(C=C)O[Si](C=C)(O1)O[Si]1(C=C)O[Si](C=C)(O4)O[Si](C=C)(O3)O[Si](C=C)(O2)O1. The predicted octanol–water partition coefficient (Wildman–Crippen LogP) is 1.96. The van der Waals surface area contributed by atoms with E-state index in [0.29, 0.717) is 0 Å². The first-order valence-corrected chi connectivity index (χ1v) is 29.9. The van der Waals surface area contributed by atoms with E-state index in [0.717, 1.165) is 6.26 Å². The Labute approximate surface area is 273 Å². The van der Waals surface area contributed by atoms with Crippen LogP contribution in [0.1, 0.15) is 0 Å². The third kappa shape index (κ3) is 5.91. The van der Waals surface area contributed by atoms with Gasteiger partial charge in [0.25, 0.3) is 0 Å². The summed E-state index contributed by atoms with van der Waals surface area (Å²) in [7, 11) is -40.5. The maximum absolute atomic E-state index is 6.73. The van der Waals surface area contributed by atoms with Crippen LogP contribution in [0.3, 0.4) is 0 Å². The molecule has 15 nitrogen and oxygen atoms in total. The van der Waals surface area contributed by atoms with Gasteiger partial charge in [-0.1, -0.05) is 13.2 Å². The van der Waals surface area contributed by atoms with Gasteiger partial charge in [0.2, 0.25) is 0 Å². The van der Waals surface area contributed by atoms with E-state index in [1.54, 1.807) is 0 Å². The highest BCUT2D eigenvalue weighted by molar-refractivity contribution is 7.05. The van der Waals surface area contributed by atoms with E-state index in [2.05, 4.69) is 65.8 Å². The van der Waals surface area contributed by atoms with Crippen LogP contribution in [0.4, 0.5) is 0 Å². The van der Waals surface area contributed by atoms with Crippen LogP contribution in [-0.2, 0) is 62.0 Å². The average Bonchev–Trinajstić information content (AvgIpc) is 3.01. The monoisotopic (exact) mass is 790 g/mol. The normalized spacial score (nSPS) is 48.8. The van der Waals surface area contributed by atoms with E-state index in [1.165, 1.54) is 51.3 Å². The van der Waals surface area contributed by atoms with Gasteiger partial charge in [0.15, 0.2) is 0 Å². The van der Waals surface area contributed by atoms with Crippen LogP contribution < -0.4 is 0 Å². The van der Waals surface area contributed by atoms with E-state index in [4.69, 9.17) is 62.0 Å². The predicted molar refractivity (Wildman–Crippen MR) is 176 cm³/mol. The van der Waals surface area contributed by atoms with E-state index in [-0.39, 0.29) is 0 Å². The second-order valence-electron chi connectivity index (χ2n) is 9.07. The molecule has 45 heavy (non-hydrogen) atoms. The van der Waals surface area contributed by atoms with Crippen LogP contribution in [0.5, 0.6) is 0 Å². The van der Waals surface area contributed by atoms with Gasteiger partial charge in [-0.3, -0.25) is 0 Å². The molecular formula is C20H30O15Si10. The van der Waals surface area contributed by atoms with Crippen LogP contribution >= 0.6 is 0 Å². The lowest BCUT2D eigenvalue weighted by atomic mass is 11.2. The molecule has 0 amide bonds. The van der Waals surface area contributed by atoms with Crippen molar-refractivity contribution in [3.63, 3.8) is 0 Å². The maximum atomic E-state index is 6.73. The van der Waals surface area contributed by atoms with Crippen LogP contribution in [0.25, 0.3) is 0 Å². The van der Waals surface area contributed by atoms with Crippen molar-refractivity contribution in [2.24, 2.45) is 0 Å². The zero-order chi connectivity index (χ0) is 32.9. The zero-order valence-electron chi connectivity index (χ0n) is 24.0. The lowest BCUT2D eigenvalue weighted by molar-refractivity contribution is 0.0187. The Balaban J connectivity index is 2.00. The van der Waals surface area contributed by atoms with Gasteiger partial charge in [0.1, 0.15) is 0 Å². The number of rotatable bonds is 11. The molecule has 240 valence electrons. The fourth-order valence-electron chi connectivity index (χ4n) is 4.33. The first-order chi connectivity index (χ1) is 21.3. The van der Waals surface area contributed by atoms with Gasteiger partial charge >= 0.3 is 89.2 Å². The lowest BCUT2D eigenvalue weighted by Gasteiger charge is -2.56. The zero-order valence-corrected chi connectivity index (χ0v) is 34.0. The molecule has 5 aliphatic rings. The van der Waals surface area contributed by atoms with Crippen molar-refractivity contribution in [2.45, 2.75) is 0 Å². The third-order valence-corrected chi connectivity index (χ3v) is 41.5. The highest BCUT2D eigenvalue weighted by atomic mass is 28.6. The molecule has 0 saturated carbocycles. The summed E-state index contributed by atoms with van der Waals surface area (Å²) in [5.41, 5.74) is 11.7. The van der Waals surface area contributed by atoms with Crippen LogP contribution in [0.15, 0.2) is 123 Å². The molecule has 5 aliphatic heterocycles. The summed E-state index contributed by atoms with van der Waals surface area (Å²) < 4.78 is 98.6. The molecule has 5 fully saturated rings. The molecule has 8 unspecified atom stereocenters. The van der Waals surface area contributed by atoms with Crippen LogP contribution in [-0.4, -0.2) is 89.2 Å². The molecule has 0 N–H and O–H groups in total. The molecule has 5 saturated heterocycles. The highest BCUT2D eigenvalue weighted by Gasteiger charge is 2.78. The van der Waals surface area contributed by atoms with E-state index in [9.17, 15) is 0 Å². The smallest absolute Gasteiger partial charge is 0.506 e. The summed E-state index contributed by atoms with van der Waals surface area (Å²) in [5.74, 6) is 0. The van der Waals surface area contributed by atoms with Crippen molar-refractivity contribution < 1.29 is 62.0 Å². The molecule has 2 radical (unpaired) electrons. The van der Waals surface area contributed by atoms with Crippen molar-refractivity contribution in [3.05, 3.63) is 123 Å². The van der Waals surface area contributed by atoms with Gasteiger partial charge in [-0.2, -0.15) is 0 Å². The topological polar surface area (TPSA) is 138 Å². The summed E-state index contributed by atoms with van der Waals surface area (Å²) in [6.45, 7) is 39.3. The molecule has 5 rings (SSSR count). The Morgan fingerprint density at radius 2 is 0.578 bits per heavy atom.